The molecule has 1 saturated heterocycles. The van der Waals surface area contributed by atoms with E-state index in [-0.39, 0.29) is 0 Å². The van der Waals surface area contributed by atoms with Crippen molar-refractivity contribution in [1.82, 2.24) is 4.90 Å². The van der Waals surface area contributed by atoms with Crippen LogP contribution >= 0.6 is 0 Å². The molecule has 0 aromatic carbocycles. The maximum absolute atomic E-state index is 11.1. The molecule has 1 fully saturated rings. The van der Waals surface area contributed by atoms with E-state index in [9.17, 15) is 9.59 Å². The monoisotopic (exact) mass is 187 g/mol. The summed E-state index contributed by atoms with van der Waals surface area (Å²) in [4.78, 5) is 23.1. The quantitative estimate of drug-likeness (QED) is 0.706. The molecule has 1 N–H and O–H groups in total. The van der Waals surface area contributed by atoms with Gasteiger partial charge in [-0.25, -0.2) is 9.59 Å². The van der Waals surface area contributed by atoms with Gasteiger partial charge in [-0.3, -0.25) is 4.90 Å². The van der Waals surface area contributed by atoms with Crippen molar-refractivity contribution in [2.75, 3.05) is 13.2 Å². The lowest BCUT2D eigenvalue weighted by molar-refractivity contribution is -0.143. The summed E-state index contributed by atoms with van der Waals surface area (Å²) in [6.45, 7) is 2.61. The number of hydrogen-bond donors (Lipinski definition) is 1. The number of carbonyl (C=O) groups is 2. The molecule has 0 spiro atoms. The number of rotatable bonds is 3. The Morgan fingerprint density at radius 2 is 2.46 bits per heavy atom. The van der Waals surface area contributed by atoms with Crippen LogP contribution in [0.4, 0.5) is 4.79 Å². The molecular weight excluding hydrogens is 174 g/mol. The lowest BCUT2D eigenvalue weighted by Gasteiger charge is -2.30. The molecule has 1 heterocycles. The van der Waals surface area contributed by atoms with E-state index in [4.69, 9.17) is 9.84 Å². The summed E-state index contributed by atoms with van der Waals surface area (Å²) in [6, 6.07) is -0.743. The molecule has 5 nitrogen and oxygen atoms in total. The van der Waals surface area contributed by atoms with Gasteiger partial charge >= 0.3 is 12.1 Å². The molecular formula is C8H13NO4. The van der Waals surface area contributed by atoms with Crippen molar-refractivity contribution in [3.8, 4) is 0 Å². The van der Waals surface area contributed by atoms with E-state index >= 15 is 0 Å². The van der Waals surface area contributed by atoms with Crippen LogP contribution in [0, 0.1) is 0 Å². The number of nitrogens with zero attached hydrogens (tertiary/aromatic N) is 1. The molecule has 0 aromatic rings. The average molecular weight is 187 g/mol. The number of aliphatic carboxylic acids is 1. The van der Waals surface area contributed by atoms with Gasteiger partial charge in [0.25, 0.3) is 0 Å². The molecule has 74 valence electrons. The van der Waals surface area contributed by atoms with Crippen LogP contribution in [0.25, 0.3) is 0 Å². The number of carboxylic acid groups (broad SMARTS) is 1. The molecule has 1 aliphatic heterocycles. The number of carbonyl (C=O) groups excluding carboxylic acids is 1. The van der Waals surface area contributed by atoms with Gasteiger partial charge in [-0.05, 0) is 12.8 Å². The molecule has 1 rings (SSSR count). The fourth-order valence-electron chi connectivity index (χ4n) is 1.38. The van der Waals surface area contributed by atoms with Gasteiger partial charge in [0.05, 0.1) is 6.61 Å². The van der Waals surface area contributed by atoms with Crippen LogP contribution in [-0.2, 0) is 9.53 Å². The Hall–Kier alpha value is -1.26. The van der Waals surface area contributed by atoms with Gasteiger partial charge in [0.1, 0.15) is 6.04 Å². The maximum Gasteiger partial charge on any atom is 0.410 e. The van der Waals surface area contributed by atoms with Crippen LogP contribution in [0.15, 0.2) is 0 Å². The van der Waals surface area contributed by atoms with Crippen LogP contribution in [-0.4, -0.2) is 41.3 Å². The molecule has 13 heavy (non-hydrogen) atoms. The Kier molecular flexibility index (Phi) is 3.11. The normalized spacial score (nSPS) is 19.5. The number of ether oxygens (including phenoxy) is 1. The van der Waals surface area contributed by atoms with E-state index in [2.05, 4.69) is 0 Å². The summed E-state index contributed by atoms with van der Waals surface area (Å²) < 4.78 is 4.75. The van der Waals surface area contributed by atoms with Crippen molar-refractivity contribution >= 4 is 12.1 Å². The zero-order valence-corrected chi connectivity index (χ0v) is 7.52. The van der Waals surface area contributed by atoms with E-state index in [1.807, 2.05) is 0 Å². The lowest BCUT2D eigenvalue weighted by Crippen LogP contribution is -2.48. The highest BCUT2D eigenvalue weighted by molar-refractivity contribution is 5.80. The van der Waals surface area contributed by atoms with Gasteiger partial charge in [-0.1, -0.05) is 6.92 Å². The van der Waals surface area contributed by atoms with Crippen molar-refractivity contribution in [3.05, 3.63) is 0 Å². The molecule has 1 aliphatic rings. The molecule has 0 aliphatic carbocycles. The second-order valence-corrected chi connectivity index (χ2v) is 2.92. The highest BCUT2D eigenvalue weighted by atomic mass is 16.6. The van der Waals surface area contributed by atoms with Crippen LogP contribution in [0.3, 0.4) is 0 Å². The topological polar surface area (TPSA) is 66.8 Å². The minimum Gasteiger partial charge on any atom is -0.480 e. The van der Waals surface area contributed by atoms with Gasteiger partial charge in [0.2, 0.25) is 0 Å². The van der Waals surface area contributed by atoms with Crippen LogP contribution < -0.4 is 0 Å². The van der Waals surface area contributed by atoms with Crippen LogP contribution in [0.5, 0.6) is 0 Å². The summed E-state index contributed by atoms with van der Waals surface area (Å²) in [7, 11) is 0. The van der Waals surface area contributed by atoms with E-state index in [1.54, 1.807) is 6.92 Å². The summed E-state index contributed by atoms with van der Waals surface area (Å²) in [5.74, 6) is -0.971. The number of carboxylic acids is 1. The summed E-state index contributed by atoms with van der Waals surface area (Å²) >= 11 is 0. The molecule has 0 saturated carbocycles. The Bertz CT molecular complexity index is 216. The maximum atomic E-state index is 11.1. The Morgan fingerprint density at radius 1 is 1.77 bits per heavy atom. The minimum absolute atomic E-state index is 0.394. The van der Waals surface area contributed by atoms with Gasteiger partial charge < -0.3 is 9.84 Å². The first-order valence-electron chi connectivity index (χ1n) is 4.33. The van der Waals surface area contributed by atoms with Crippen molar-refractivity contribution in [2.45, 2.75) is 25.8 Å². The molecule has 1 amide bonds. The first-order chi connectivity index (χ1) is 6.16. The average Bonchev–Trinajstić information content (AvgIpc) is 2.09. The zero-order valence-electron chi connectivity index (χ0n) is 7.52. The largest absolute Gasteiger partial charge is 0.480 e. The third-order valence-electron chi connectivity index (χ3n) is 2.05. The first kappa shape index (κ1) is 9.83. The van der Waals surface area contributed by atoms with Crippen molar-refractivity contribution in [2.24, 2.45) is 0 Å². The fourth-order valence-corrected chi connectivity index (χ4v) is 1.38. The highest BCUT2D eigenvalue weighted by Crippen LogP contribution is 2.11. The van der Waals surface area contributed by atoms with Crippen LogP contribution in [0.1, 0.15) is 19.8 Å². The highest BCUT2D eigenvalue weighted by Gasteiger charge is 2.30. The Balaban J connectivity index is 2.65. The second kappa shape index (κ2) is 4.11. The third-order valence-corrected chi connectivity index (χ3v) is 2.05. The molecule has 0 radical (unpaired) electrons. The number of amides is 1. The third kappa shape index (κ3) is 2.11. The van der Waals surface area contributed by atoms with Gasteiger partial charge in [0.15, 0.2) is 0 Å². The van der Waals surface area contributed by atoms with Gasteiger partial charge in [-0.2, -0.15) is 0 Å². The molecule has 1 atom stereocenters. The predicted molar refractivity (Wildman–Crippen MR) is 44.4 cm³/mol. The van der Waals surface area contributed by atoms with E-state index in [1.165, 1.54) is 4.90 Å². The molecule has 5 heteroatoms. The van der Waals surface area contributed by atoms with Crippen molar-refractivity contribution in [1.29, 1.82) is 0 Å². The Morgan fingerprint density at radius 3 is 2.92 bits per heavy atom. The standard InChI is InChI=1S/C8H13NO4/c1-2-6(7(10)11)9-4-3-5-13-8(9)12/h6H,2-5H2,1H3,(H,10,11). The van der Waals surface area contributed by atoms with Crippen molar-refractivity contribution in [3.63, 3.8) is 0 Å². The molecule has 0 aromatic heterocycles. The van der Waals surface area contributed by atoms with E-state index in [0.29, 0.717) is 26.0 Å². The summed E-state index contributed by atoms with van der Waals surface area (Å²) in [5.41, 5.74) is 0. The Labute approximate surface area is 76.3 Å². The van der Waals surface area contributed by atoms with Gasteiger partial charge in [-0.15, -0.1) is 0 Å². The lowest BCUT2D eigenvalue weighted by atomic mass is 10.2. The summed E-state index contributed by atoms with van der Waals surface area (Å²) in [6.07, 6.45) is 0.598. The van der Waals surface area contributed by atoms with Crippen LogP contribution in [0.2, 0.25) is 0 Å². The van der Waals surface area contributed by atoms with Gasteiger partial charge in [0, 0.05) is 6.54 Å². The smallest absolute Gasteiger partial charge is 0.410 e. The molecule has 0 bridgehead atoms. The molecule has 1 unspecified atom stereocenters. The van der Waals surface area contributed by atoms with E-state index < -0.39 is 18.1 Å². The van der Waals surface area contributed by atoms with Crippen molar-refractivity contribution < 1.29 is 19.4 Å². The first-order valence-corrected chi connectivity index (χ1v) is 4.33. The minimum atomic E-state index is -0.971. The zero-order chi connectivity index (χ0) is 9.84. The predicted octanol–water partition coefficient (Wildman–Crippen LogP) is 0.692. The SMILES string of the molecule is CCC(C(=O)O)N1CCCOC1=O. The number of hydrogen-bond acceptors (Lipinski definition) is 3. The second-order valence-electron chi connectivity index (χ2n) is 2.92. The number of cyclic esters (lactones) is 1. The fraction of sp³-hybridized carbons (Fsp3) is 0.750. The van der Waals surface area contributed by atoms with E-state index in [0.717, 1.165) is 0 Å². The summed E-state index contributed by atoms with van der Waals surface area (Å²) in [5, 5.41) is 8.79.